The predicted molar refractivity (Wildman–Crippen MR) is 98.1 cm³/mol. The van der Waals surface area contributed by atoms with Gasteiger partial charge in [-0.15, -0.1) is 0 Å². The minimum Gasteiger partial charge on any atom is -0.489 e. The van der Waals surface area contributed by atoms with Crippen LogP contribution >= 0.6 is 0 Å². The van der Waals surface area contributed by atoms with Crippen LogP contribution < -0.4 is 14.8 Å². The molecular weight excluding hydrogens is 308 g/mol. The number of nitrogens with zero attached hydrogens (tertiary/aromatic N) is 1. The summed E-state index contributed by atoms with van der Waals surface area (Å²) in [6, 6.07) is 15.1. The SMILES string of the molecule is C=S(=O)(/C=C/C)N1c2ccc(N)cc2OCC1c1ccccc1. The molecule has 2 atom stereocenters. The average molecular weight is 328 g/mol. The molecule has 0 amide bonds. The zero-order chi connectivity index (χ0) is 16.4. The number of fused-ring (bicyclic) bond motifs is 1. The Morgan fingerprint density at radius 3 is 2.74 bits per heavy atom. The standard InChI is InChI=1S/C18H20N2O2S/c1-3-11-23(2,21)20-16-10-9-15(19)12-18(16)22-13-17(20)14-7-5-4-6-8-14/h3-12,17H,2,13,19H2,1H3/b11-3+. The zero-order valence-corrected chi connectivity index (χ0v) is 13.8. The van der Waals surface area contributed by atoms with Crippen LogP contribution in [0, 0.1) is 0 Å². The smallest absolute Gasteiger partial charge is 0.145 e. The second-order valence-electron chi connectivity index (χ2n) is 5.45. The second-order valence-corrected chi connectivity index (χ2v) is 7.49. The molecule has 0 fully saturated rings. The first-order chi connectivity index (χ1) is 11.0. The van der Waals surface area contributed by atoms with E-state index >= 15 is 0 Å². The highest BCUT2D eigenvalue weighted by molar-refractivity contribution is 8.04. The summed E-state index contributed by atoms with van der Waals surface area (Å²) in [5.41, 5.74) is 8.24. The van der Waals surface area contributed by atoms with Crippen LogP contribution in [-0.2, 0) is 9.71 Å². The first-order valence-electron chi connectivity index (χ1n) is 7.39. The van der Waals surface area contributed by atoms with Crippen molar-refractivity contribution in [1.82, 2.24) is 0 Å². The lowest BCUT2D eigenvalue weighted by atomic mass is 10.1. The van der Waals surface area contributed by atoms with Gasteiger partial charge in [-0.1, -0.05) is 36.4 Å². The minimum atomic E-state index is -2.63. The number of nitrogen functional groups attached to an aromatic ring is 1. The molecule has 1 aliphatic heterocycles. The maximum Gasteiger partial charge on any atom is 0.145 e. The summed E-state index contributed by atoms with van der Waals surface area (Å²) in [5.74, 6) is 4.60. The molecule has 2 N–H and O–H groups in total. The number of rotatable bonds is 3. The molecule has 23 heavy (non-hydrogen) atoms. The van der Waals surface area contributed by atoms with Gasteiger partial charge in [0, 0.05) is 17.2 Å². The quantitative estimate of drug-likeness (QED) is 0.694. The van der Waals surface area contributed by atoms with E-state index in [1.807, 2.05) is 47.6 Å². The van der Waals surface area contributed by atoms with Crippen LogP contribution in [0.25, 0.3) is 0 Å². The average Bonchev–Trinajstić information content (AvgIpc) is 2.54. The lowest BCUT2D eigenvalue weighted by Gasteiger charge is -2.39. The number of hydrogen-bond acceptors (Lipinski definition) is 3. The van der Waals surface area contributed by atoms with Gasteiger partial charge in [-0.25, -0.2) is 4.21 Å². The Hall–Kier alpha value is -2.40. The summed E-state index contributed by atoms with van der Waals surface area (Å²) in [6.07, 6.45) is 1.77. The highest BCUT2D eigenvalue weighted by Crippen LogP contribution is 2.42. The molecule has 0 saturated carbocycles. The molecule has 0 saturated heterocycles. The first-order valence-corrected chi connectivity index (χ1v) is 9.14. The highest BCUT2D eigenvalue weighted by atomic mass is 32.2. The Morgan fingerprint density at radius 2 is 2.04 bits per heavy atom. The Morgan fingerprint density at radius 1 is 1.30 bits per heavy atom. The molecule has 5 heteroatoms. The Labute approximate surface area is 137 Å². The van der Waals surface area contributed by atoms with Crippen molar-refractivity contribution in [3.8, 4) is 5.75 Å². The van der Waals surface area contributed by atoms with E-state index in [1.165, 1.54) is 0 Å². The number of allylic oxidation sites excluding steroid dienone is 1. The zero-order valence-electron chi connectivity index (χ0n) is 13.0. The van der Waals surface area contributed by atoms with Crippen molar-refractivity contribution in [2.75, 3.05) is 16.6 Å². The number of ether oxygens (including phenoxy) is 1. The van der Waals surface area contributed by atoms with E-state index in [4.69, 9.17) is 10.5 Å². The van der Waals surface area contributed by atoms with Gasteiger partial charge in [0.25, 0.3) is 0 Å². The first kappa shape index (κ1) is 15.5. The van der Waals surface area contributed by atoms with E-state index in [1.54, 1.807) is 23.6 Å². The van der Waals surface area contributed by atoms with Gasteiger partial charge in [-0.3, -0.25) is 4.31 Å². The summed E-state index contributed by atoms with van der Waals surface area (Å²) in [6.45, 7) is 2.23. The number of hydrogen-bond donors (Lipinski definition) is 1. The summed E-state index contributed by atoms with van der Waals surface area (Å²) in [5, 5.41) is 1.65. The number of benzene rings is 2. The summed E-state index contributed by atoms with van der Waals surface area (Å²) in [4.78, 5) is 0. The number of nitrogens with two attached hydrogens (primary N) is 1. The monoisotopic (exact) mass is 328 g/mol. The number of anilines is 2. The van der Waals surface area contributed by atoms with Crippen molar-refractivity contribution in [3.05, 3.63) is 65.6 Å². The van der Waals surface area contributed by atoms with Gasteiger partial charge in [0.05, 0.1) is 15.4 Å². The van der Waals surface area contributed by atoms with Crippen molar-refractivity contribution in [2.24, 2.45) is 0 Å². The molecule has 2 aromatic rings. The molecule has 0 radical (unpaired) electrons. The fourth-order valence-corrected chi connectivity index (χ4v) is 4.45. The molecule has 0 aliphatic carbocycles. The summed E-state index contributed by atoms with van der Waals surface area (Å²) in [7, 11) is -2.63. The Balaban J connectivity index is 2.17. The van der Waals surface area contributed by atoms with E-state index in [9.17, 15) is 4.21 Å². The maximum absolute atomic E-state index is 13.2. The van der Waals surface area contributed by atoms with Crippen LogP contribution in [-0.4, -0.2) is 16.7 Å². The third-order valence-electron chi connectivity index (χ3n) is 3.77. The molecule has 2 unspecified atom stereocenters. The maximum atomic E-state index is 13.2. The van der Waals surface area contributed by atoms with Crippen LogP contribution in [0.2, 0.25) is 0 Å². The van der Waals surface area contributed by atoms with E-state index < -0.39 is 9.71 Å². The van der Waals surface area contributed by atoms with Gasteiger partial charge >= 0.3 is 0 Å². The largest absolute Gasteiger partial charge is 0.489 e. The molecule has 1 aliphatic rings. The molecule has 2 aromatic carbocycles. The van der Waals surface area contributed by atoms with Gasteiger partial charge in [0.2, 0.25) is 0 Å². The van der Waals surface area contributed by atoms with Gasteiger partial charge in [-0.05, 0) is 30.5 Å². The van der Waals surface area contributed by atoms with Crippen molar-refractivity contribution < 1.29 is 8.95 Å². The molecule has 0 aromatic heterocycles. The third kappa shape index (κ3) is 2.92. The molecule has 0 spiro atoms. The van der Waals surface area contributed by atoms with Crippen molar-refractivity contribution in [3.63, 3.8) is 0 Å². The van der Waals surface area contributed by atoms with E-state index in [0.29, 0.717) is 18.0 Å². The highest BCUT2D eigenvalue weighted by Gasteiger charge is 2.33. The van der Waals surface area contributed by atoms with Crippen molar-refractivity contribution >= 4 is 27.0 Å². The van der Waals surface area contributed by atoms with E-state index in [-0.39, 0.29) is 6.04 Å². The van der Waals surface area contributed by atoms with E-state index in [2.05, 4.69) is 5.87 Å². The Bertz CT molecular complexity index is 829. The fraction of sp³-hybridized carbons (Fsp3) is 0.167. The summed E-state index contributed by atoms with van der Waals surface area (Å²) < 4.78 is 20.9. The van der Waals surface area contributed by atoms with Crippen LogP contribution in [0.1, 0.15) is 18.5 Å². The molecule has 1 heterocycles. The van der Waals surface area contributed by atoms with Crippen LogP contribution in [0.3, 0.4) is 0 Å². The molecule has 120 valence electrons. The fourth-order valence-electron chi connectivity index (χ4n) is 2.80. The van der Waals surface area contributed by atoms with Gasteiger partial charge < -0.3 is 10.5 Å². The minimum absolute atomic E-state index is 0.173. The molecule has 0 bridgehead atoms. The van der Waals surface area contributed by atoms with Crippen molar-refractivity contribution in [2.45, 2.75) is 13.0 Å². The Kier molecular flexibility index (Phi) is 4.05. The molecule has 4 nitrogen and oxygen atoms in total. The molecule has 3 rings (SSSR count). The second kappa shape index (κ2) is 6.01. The normalized spacial score (nSPS) is 19.9. The topological polar surface area (TPSA) is 55.6 Å². The van der Waals surface area contributed by atoms with Gasteiger partial charge in [0.15, 0.2) is 0 Å². The molecular formula is C18H20N2O2S. The van der Waals surface area contributed by atoms with Crippen molar-refractivity contribution in [1.29, 1.82) is 0 Å². The lowest BCUT2D eigenvalue weighted by Crippen LogP contribution is -2.40. The third-order valence-corrected chi connectivity index (χ3v) is 5.58. The summed E-state index contributed by atoms with van der Waals surface area (Å²) >= 11 is 0. The predicted octanol–water partition coefficient (Wildman–Crippen LogP) is 3.37. The van der Waals surface area contributed by atoms with Gasteiger partial charge in [0.1, 0.15) is 18.4 Å². The van der Waals surface area contributed by atoms with E-state index in [0.717, 1.165) is 11.3 Å². The lowest BCUT2D eigenvalue weighted by molar-refractivity contribution is 0.277. The van der Waals surface area contributed by atoms with Crippen LogP contribution in [0.5, 0.6) is 5.75 Å². The van der Waals surface area contributed by atoms with Crippen LogP contribution in [0.15, 0.2) is 60.0 Å². The van der Waals surface area contributed by atoms with Gasteiger partial charge in [-0.2, -0.15) is 0 Å². The van der Waals surface area contributed by atoms with Crippen LogP contribution in [0.4, 0.5) is 11.4 Å².